The third kappa shape index (κ3) is 5.48. The van der Waals surface area contributed by atoms with Crippen LogP contribution < -0.4 is 20.3 Å². The molecule has 0 aliphatic carbocycles. The number of thioether (sulfide) groups is 1. The monoisotopic (exact) mass is 455 g/mol. The Hall–Kier alpha value is -2.78. The summed E-state index contributed by atoms with van der Waals surface area (Å²) in [6.45, 7) is 4.25. The molecule has 1 saturated heterocycles. The van der Waals surface area contributed by atoms with Gasteiger partial charge in [0, 0.05) is 24.5 Å². The van der Waals surface area contributed by atoms with E-state index in [0.29, 0.717) is 5.13 Å². The molecule has 0 saturated carbocycles. The zero-order valence-corrected chi connectivity index (χ0v) is 19.2. The number of para-hydroxylation sites is 2. The molecule has 1 fully saturated rings. The predicted molar refractivity (Wildman–Crippen MR) is 128 cm³/mol. The number of carbonyl (C=O) groups excluding carboxylic acids is 1. The molecule has 1 amide bonds. The van der Waals surface area contributed by atoms with Gasteiger partial charge in [0.15, 0.2) is 4.34 Å². The number of nitrogens with one attached hydrogen (secondary N) is 2. The molecule has 1 aromatic heterocycles. The molecule has 2 N–H and O–H groups in total. The van der Waals surface area contributed by atoms with Crippen LogP contribution >= 0.6 is 23.1 Å². The van der Waals surface area contributed by atoms with Gasteiger partial charge in [-0.2, -0.15) is 0 Å². The number of hydrogen-bond acceptors (Lipinski definition) is 8. The molecule has 2 heterocycles. The summed E-state index contributed by atoms with van der Waals surface area (Å²) in [4.78, 5) is 14.8. The average Bonchev–Trinajstić information content (AvgIpc) is 3.46. The number of benzene rings is 2. The van der Waals surface area contributed by atoms with E-state index < -0.39 is 0 Å². The number of methoxy groups -OCH3 is 1. The molecule has 2 aromatic carbocycles. The first-order chi connectivity index (χ1) is 15.1. The van der Waals surface area contributed by atoms with Crippen molar-refractivity contribution in [2.45, 2.75) is 24.1 Å². The van der Waals surface area contributed by atoms with E-state index in [1.165, 1.54) is 41.6 Å². The maximum absolute atomic E-state index is 12.4. The van der Waals surface area contributed by atoms with Crippen LogP contribution in [-0.2, 0) is 4.79 Å². The van der Waals surface area contributed by atoms with Gasteiger partial charge in [0.2, 0.25) is 11.0 Å². The lowest BCUT2D eigenvalue weighted by atomic mass is 10.1. The number of carbonyl (C=O) groups is 1. The molecule has 4 rings (SSSR count). The van der Waals surface area contributed by atoms with Crippen LogP contribution in [0.3, 0.4) is 0 Å². The summed E-state index contributed by atoms with van der Waals surface area (Å²) in [7, 11) is 1.63. The van der Waals surface area contributed by atoms with Crippen molar-refractivity contribution in [1.82, 2.24) is 10.2 Å². The van der Waals surface area contributed by atoms with Gasteiger partial charge in [-0.05, 0) is 55.7 Å². The highest BCUT2D eigenvalue weighted by Crippen LogP contribution is 2.31. The van der Waals surface area contributed by atoms with Crippen molar-refractivity contribution in [3.8, 4) is 5.75 Å². The van der Waals surface area contributed by atoms with E-state index in [9.17, 15) is 4.79 Å². The molecule has 162 valence electrons. The van der Waals surface area contributed by atoms with Crippen LogP contribution in [0.15, 0.2) is 46.8 Å². The summed E-state index contributed by atoms with van der Waals surface area (Å²) in [5, 5.41) is 15.2. The van der Waals surface area contributed by atoms with Gasteiger partial charge in [0.1, 0.15) is 5.75 Å². The van der Waals surface area contributed by atoms with Crippen LogP contribution in [0.4, 0.5) is 22.2 Å². The minimum absolute atomic E-state index is 0.0588. The number of nitrogens with zero attached hydrogens (tertiary/aromatic N) is 3. The van der Waals surface area contributed by atoms with Crippen LogP contribution in [0.1, 0.15) is 18.4 Å². The van der Waals surface area contributed by atoms with E-state index in [-0.39, 0.29) is 11.7 Å². The Balaban J connectivity index is 1.30. The predicted octanol–water partition coefficient (Wildman–Crippen LogP) is 4.93. The first-order valence-electron chi connectivity index (χ1n) is 10.1. The topological polar surface area (TPSA) is 79.4 Å². The second-order valence-electron chi connectivity index (χ2n) is 7.23. The lowest BCUT2D eigenvalue weighted by Gasteiger charge is -2.19. The normalized spacial score (nSPS) is 13.3. The van der Waals surface area contributed by atoms with E-state index in [4.69, 9.17) is 4.74 Å². The maximum atomic E-state index is 12.4. The fraction of sp³-hybridized carbons (Fsp3) is 0.318. The zero-order valence-electron chi connectivity index (χ0n) is 17.6. The third-order valence-corrected chi connectivity index (χ3v) is 7.01. The molecule has 7 nitrogen and oxygen atoms in total. The number of anilines is 4. The number of hydrogen-bond donors (Lipinski definition) is 2. The fourth-order valence-electron chi connectivity index (χ4n) is 3.46. The van der Waals surface area contributed by atoms with Crippen LogP contribution in [0, 0.1) is 6.92 Å². The average molecular weight is 456 g/mol. The highest BCUT2D eigenvalue weighted by atomic mass is 32.2. The largest absolute Gasteiger partial charge is 0.495 e. The van der Waals surface area contributed by atoms with Crippen molar-refractivity contribution in [2.24, 2.45) is 0 Å². The van der Waals surface area contributed by atoms with E-state index >= 15 is 0 Å². The summed E-state index contributed by atoms with van der Waals surface area (Å²) >= 11 is 2.77. The Labute approximate surface area is 190 Å². The Morgan fingerprint density at radius 2 is 1.97 bits per heavy atom. The van der Waals surface area contributed by atoms with Crippen molar-refractivity contribution in [3.63, 3.8) is 0 Å². The lowest BCUT2D eigenvalue weighted by molar-refractivity contribution is -0.113. The number of rotatable bonds is 8. The summed E-state index contributed by atoms with van der Waals surface area (Å²) in [6, 6.07) is 13.8. The van der Waals surface area contributed by atoms with Crippen molar-refractivity contribution >= 4 is 51.2 Å². The molecule has 0 bridgehead atoms. The van der Waals surface area contributed by atoms with Crippen LogP contribution in [0.25, 0.3) is 0 Å². The van der Waals surface area contributed by atoms with E-state index in [1.54, 1.807) is 7.11 Å². The number of aromatic nitrogens is 2. The molecule has 1 aliphatic rings. The molecule has 1 aliphatic heterocycles. The molecule has 0 atom stereocenters. The minimum atomic E-state index is -0.0588. The number of amides is 1. The summed E-state index contributed by atoms with van der Waals surface area (Å²) in [5.74, 6) is 0.949. The lowest BCUT2D eigenvalue weighted by Crippen LogP contribution is -2.18. The number of ether oxygens (including phenoxy) is 1. The van der Waals surface area contributed by atoms with Crippen molar-refractivity contribution in [2.75, 3.05) is 41.5 Å². The van der Waals surface area contributed by atoms with Crippen LogP contribution in [0.2, 0.25) is 0 Å². The summed E-state index contributed by atoms with van der Waals surface area (Å²) < 4.78 is 6.07. The fourth-order valence-corrected chi connectivity index (χ4v) is 5.02. The van der Waals surface area contributed by atoms with Crippen molar-refractivity contribution in [1.29, 1.82) is 0 Å². The second-order valence-corrected chi connectivity index (χ2v) is 9.43. The first-order valence-corrected chi connectivity index (χ1v) is 11.9. The Morgan fingerprint density at radius 3 is 2.74 bits per heavy atom. The molecule has 3 aromatic rings. The molecule has 0 radical (unpaired) electrons. The third-order valence-electron chi connectivity index (χ3n) is 5.04. The van der Waals surface area contributed by atoms with Gasteiger partial charge in [-0.25, -0.2) is 0 Å². The maximum Gasteiger partial charge on any atom is 0.234 e. The van der Waals surface area contributed by atoms with Gasteiger partial charge in [-0.15, -0.1) is 10.2 Å². The summed E-state index contributed by atoms with van der Waals surface area (Å²) in [5.41, 5.74) is 3.97. The second kappa shape index (κ2) is 10.0. The molecular weight excluding hydrogens is 430 g/mol. The van der Waals surface area contributed by atoms with Gasteiger partial charge in [0.05, 0.1) is 18.6 Å². The van der Waals surface area contributed by atoms with Crippen LogP contribution in [-0.4, -0.2) is 42.1 Å². The smallest absolute Gasteiger partial charge is 0.234 e. The molecule has 0 spiro atoms. The Morgan fingerprint density at radius 1 is 1.16 bits per heavy atom. The molecule has 0 unspecified atom stereocenters. The zero-order chi connectivity index (χ0) is 21.6. The van der Waals surface area contributed by atoms with Gasteiger partial charge in [0.25, 0.3) is 0 Å². The Bertz CT molecular complexity index is 1050. The summed E-state index contributed by atoms with van der Waals surface area (Å²) in [6.07, 6.45) is 2.49. The minimum Gasteiger partial charge on any atom is -0.495 e. The van der Waals surface area contributed by atoms with E-state index in [0.717, 1.165) is 40.1 Å². The van der Waals surface area contributed by atoms with Crippen LogP contribution in [0.5, 0.6) is 5.75 Å². The van der Waals surface area contributed by atoms with Gasteiger partial charge in [-0.3, -0.25) is 4.79 Å². The van der Waals surface area contributed by atoms with Crippen molar-refractivity contribution in [3.05, 3.63) is 48.0 Å². The highest BCUT2D eigenvalue weighted by Gasteiger charge is 2.14. The number of aryl methyl sites for hydroxylation is 1. The van der Waals surface area contributed by atoms with Gasteiger partial charge in [-0.1, -0.05) is 35.2 Å². The molecular formula is C22H25N5O2S2. The SMILES string of the molecule is COc1ccccc1Nc1nnc(SCC(=O)Nc2ccc(N3CCCC3)cc2C)s1. The van der Waals surface area contributed by atoms with E-state index in [2.05, 4.69) is 37.9 Å². The van der Waals surface area contributed by atoms with Gasteiger partial charge >= 0.3 is 0 Å². The van der Waals surface area contributed by atoms with Crippen molar-refractivity contribution < 1.29 is 9.53 Å². The Kier molecular flexibility index (Phi) is 6.93. The standard InChI is InChI=1S/C22H25N5O2S2/c1-15-13-16(27-11-5-6-12-27)9-10-17(15)23-20(28)14-30-22-26-25-21(31-22)24-18-7-3-4-8-19(18)29-2/h3-4,7-10,13H,5-6,11-12,14H2,1-2H3,(H,23,28)(H,24,25). The first kappa shape index (κ1) is 21.5. The molecule has 31 heavy (non-hydrogen) atoms. The van der Waals surface area contributed by atoms with E-state index in [1.807, 2.05) is 37.3 Å². The van der Waals surface area contributed by atoms with Gasteiger partial charge < -0.3 is 20.3 Å². The molecule has 9 heteroatoms. The quantitative estimate of drug-likeness (QED) is 0.466. The highest BCUT2D eigenvalue weighted by molar-refractivity contribution is 8.01.